The number of halogens is 1. The van der Waals surface area contributed by atoms with Gasteiger partial charge >= 0.3 is 6.09 Å². The number of allylic oxidation sites excluding steroid dienone is 3. The van der Waals surface area contributed by atoms with Crippen LogP contribution in [0, 0.1) is 0 Å². The largest absolute Gasteiger partial charge is 0.415 e. The van der Waals surface area contributed by atoms with E-state index < -0.39 is 0 Å². The average molecular weight is 364 g/mol. The summed E-state index contributed by atoms with van der Waals surface area (Å²) in [4.78, 5) is 13.9. The zero-order valence-corrected chi connectivity index (χ0v) is 15.3. The molecule has 0 unspecified atom stereocenters. The molecule has 0 spiro atoms. The van der Waals surface area contributed by atoms with Crippen molar-refractivity contribution in [1.29, 1.82) is 0 Å². The van der Waals surface area contributed by atoms with Gasteiger partial charge in [0.2, 0.25) is 0 Å². The Morgan fingerprint density at radius 2 is 1.96 bits per heavy atom. The van der Waals surface area contributed by atoms with Gasteiger partial charge in [0, 0.05) is 24.7 Å². The quantitative estimate of drug-likeness (QED) is 0.468. The van der Waals surface area contributed by atoms with Gasteiger partial charge in [-0.25, -0.2) is 4.79 Å². The monoisotopic (exact) mass is 363 g/mol. The number of hydrogen-bond donors (Lipinski definition) is 0. The van der Waals surface area contributed by atoms with Gasteiger partial charge < -0.3 is 14.4 Å². The Morgan fingerprint density at radius 1 is 1.24 bits per heavy atom. The lowest BCUT2D eigenvalue weighted by atomic mass is 10.1. The van der Waals surface area contributed by atoms with Crippen molar-refractivity contribution in [3.05, 3.63) is 54.1 Å². The second kappa shape index (κ2) is 11.0. The first-order valence-electron chi connectivity index (χ1n) is 8.79. The first kappa shape index (κ1) is 19.5. The third-order valence-corrected chi connectivity index (χ3v) is 4.31. The van der Waals surface area contributed by atoms with Crippen LogP contribution in [-0.2, 0) is 4.74 Å². The van der Waals surface area contributed by atoms with E-state index in [4.69, 9.17) is 21.1 Å². The maximum absolute atomic E-state index is 12.2. The van der Waals surface area contributed by atoms with E-state index in [0.29, 0.717) is 23.9 Å². The van der Waals surface area contributed by atoms with Crippen LogP contribution in [0.4, 0.5) is 4.79 Å². The number of nitrogens with zero attached hydrogens (tertiary/aromatic N) is 1. The van der Waals surface area contributed by atoms with E-state index in [2.05, 4.69) is 18.7 Å². The SMILES string of the molecule is C=CCC=CCCCOC1CCN(C(=O)Oc2ccc(Cl)cc2)CC1. The molecule has 0 N–H and O–H groups in total. The van der Waals surface area contributed by atoms with Gasteiger partial charge in [-0.2, -0.15) is 0 Å². The van der Waals surface area contributed by atoms with Crippen LogP contribution in [-0.4, -0.2) is 36.8 Å². The summed E-state index contributed by atoms with van der Waals surface area (Å²) in [7, 11) is 0. The van der Waals surface area contributed by atoms with E-state index in [-0.39, 0.29) is 12.2 Å². The molecular formula is C20H26ClNO3. The topological polar surface area (TPSA) is 38.8 Å². The summed E-state index contributed by atoms with van der Waals surface area (Å²) in [6.07, 6.45) is 10.8. The van der Waals surface area contributed by atoms with Crippen LogP contribution in [0.25, 0.3) is 0 Å². The van der Waals surface area contributed by atoms with Crippen molar-refractivity contribution in [2.45, 2.75) is 38.2 Å². The van der Waals surface area contributed by atoms with Crippen LogP contribution < -0.4 is 4.74 Å². The number of carbonyl (C=O) groups excluding carboxylic acids is 1. The second-order valence-corrected chi connectivity index (χ2v) is 6.45. The lowest BCUT2D eigenvalue weighted by molar-refractivity contribution is 0.0103. The first-order valence-corrected chi connectivity index (χ1v) is 9.16. The molecule has 1 amide bonds. The van der Waals surface area contributed by atoms with E-state index in [1.165, 1.54) is 0 Å². The number of amides is 1. The third kappa shape index (κ3) is 7.32. The zero-order chi connectivity index (χ0) is 17.9. The standard InChI is InChI=1S/C20H26ClNO3/c1-2-3-4-5-6-7-16-24-18-12-14-22(15-13-18)20(23)25-19-10-8-17(21)9-11-19/h2,4-5,8-11,18H,1,3,6-7,12-16H2. The van der Waals surface area contributed by atoms with Crippen LogP contribution in [0.1, 0.15) is 32.1 Å². The number of rotatable bonds is 8. The third-order valence-electron chi connectivity index (χ3n) is 4.06. The zero-order valence-electron chi connectivity index (χ0n) is 14.5. The highest BCUT2D eigenvalue weighted by molar-refractivity contribution is 6.30. The Bertz CT molecular complexity index is 563. The number of benzene rings is 1. The van der Waals surface area contributed by atoms with Crippen LogP contribution in [0.2, 0.25) is 5.02 Å². The van der Waals surface area contributed by atoms with E-state index in [1.54, 1.807) is 29.2 Å². The molecule has 0 saturated carbocycles. The molecule has 0 aliphatic carbocycles. The van der Waals surface area contributed by atoms with Crippen molar-refractivity contribution < 1.29 is 14.3 Å². The number of unbranched alkanes of at least 4 members (excludes halogenated alkanes) is 1. The Kier molecular flexibility index (Phi) is 8.56. The predicted molar refractivity (Wildman–Crippen MR) is 101 cm³/mol. The summed E-state index contributed by atoms with van der Waals surface area (Å²) in [6, 6.07) is 6.80. The van der Waals surface area contributed by atoms with E-state index >= 15 is 0 Å². The molecule has 5 heteroatoms. The molecule has 1 aliphatic rings. The lowest BCUT2D eigenvalue weighted by Gasteiger charge is -2.31. The molecular weight excluding hydrogens is 338 g/mol. The lowest BCUT2D eigenvalue weighted by Crippen LogP contribution is -2.42. The fraction of sp³-hybridized carbons (Fsp3) is 0.450. The van der Waals surface area contributed by atoms with Crippen molar-refractivity contribution in [2.24, 2.45) is 0 Å². The highest BCUT2D eigenvalue weighted by Gasteiger charge is 2.24. The van der Waals surface area contributed by atoms with Crippen LogP contribution in [0.15, 0.2) is 49.1 Å². The normalized spacial score (nSPS) is 15.5. The molecule has 0 radical (unpaired) electrons. The minimum absolute atomic E-state index is 0.233. The number of ether oxygens (including phenoxy) is 2. The summed E-state index contributed by atoms with van der Waals surface area (Å²) in [5.41, 5.74) is 0. The fourth-order valence-electron chi connectivity index (χ4n) is 2.63. The first-order chi connectivity index (χ1) is 12.2. The summed E-state index contributed by atoms with van der Waals surface area (Å²) < 4.78 is 11.3. The summed E-state index contributed by atoms with van der Waals surface area (Å²) >= 11 is 5.82. The van der Waals surface area contributed by atoms with Gasteiger partial charge in [-0.1, -0.05) is 29.8 Å². The highest BCUT2D eigenvalue weighted by atomic mass is 35.5. The van der Waals surface area contributed by atoms with Crippen molar-refractivity contribution in [3.8, 4) is 5.75 Å². The number of carbonyl (C=O) groups is 1. The molecule has 1 heterocycles. The maximum Gasteiger partial charge on any atom is 0.415 e. The molecule has 4 nitrogen and oxygen atoms in total. The molecule has 1 aromatic carbocycles. The Balaban J connectivity index is 1.61. The van der Waals surface area contributed by atoms with Gasteiger partial charge in [-0.05, 0) is 56.4 Å². The maximum atomic E-state index is 12.2. The van der Waals surface area contributed by atoms with Gasteiger partial charge in [0.25, 0.3) is 0 Å². The van der Waals surface area contributed by atoms with Gasteiger partial charge in [0.1, 0.15) is 5.75 Å². The van der Waals surface area contributed by atoms with Gasteiger partial charge in [0.15, 0.2) is 0 Å². The molecule has 0 aromatic heterocycles. The smallest absolute Gasteiger partial charge is 0.410 e. The highest BCUT2D eigenvalue weighted by Crippen LogP contribution is 2.19. The summed E-state index contributed by atoms with van der Waals surface area (Å²) in [5, 5.41) is 0.619. The number of likely N-dealkylation sites (tertiary alicyclic amines) is 1. The minimum Gasteiger partial charge on any atom is -0.410 e. The fourth-order valence-corrected chi connectivity index (χ4v) is 2.76. The molecule has 136 valence electrons. The van der Waals surface area contributed by atoms with E-state index in [9.17, 15) is 4.79 Å². The van der Waals surface area contributed by atoms with Crippen molar-refractivity contribution in [1.82, 2.24) is 4.90 Å². The van der Waals surface area contributed by atoms with Gasteiger partial charge in [0.05, 0.1) is 6.10 Å². The van der Waals surface area contributed by atoms with E-state index in [0.717, 1.165) is 38.7 Å². The molecule has 1 saturated heterocycles. The number of hydrogen-bond acceptors (Lipinski definition) is 3. The molecule has 25 heavy (non-hydrogen) atoms. The molecule has 0 atom stereocenters. The van der Waals surface area contributed by atoms with Crippen LogP contribution in [0.5, 0.6) is 5.75 Å². The van der Waals surface area contributed by atoms with Gasteiger partial charge in [-0.3, -0.25) is 0 Å². The Hall–Kier alpha value is -1.78. The molecule has 1 aromatic rings. The molecule has 2 rings (SSSR count). The van der Waals surface area contributed by atoms with Crippen molar-refractivity contribution >= 4 is 17.7 Å². The second-order valence-electron chi connectivity index (χ2n) is 6.02. The predicted octanol–water partition coefficient (Wildman–Crippen LogP) is 5.23. The van der Waals surface area contributed by atoms with Gasteiger partial charge in [-0.15, -0.1) is 6.58 Å². The van der Waals surface area contributed by atoms with Crippen LogP contribution >= 0.6 is 11.6 Å². The average Bonchev–Trinajstić information content (AvgIpc) is 2.63. The summed E-state index contributed by atoms with van der Waals surface area (Å²) in [5.74, 6) is 0.511. The Labute approximate surface area is 155 Å². The minimum atomic E-state index is -0.312. The molecule has 0 bridgehead atoms. The van der Waals surface area contributed by atoms with E-state index in [1.807, 2.05) is 6.08 Å². The van der Waals surface area contributed by atoms with Crippen molar-refractivity contribution in [2.75, 3.05) is 19.7 Å². The summed E-state index contributed by atoms with van der Waals surface area (Å²) in [6.45, 7) is 5.77. The van der Waals surface area contributed by atoms with Crippen LogP contribution in [0.3, 0.4) is 0 Å². The molecule has 1 fully saturated rings. The molecule has 1 aliphatic heterocycles. The Morgan fingerprint density at radius 3 is 2.64 bits per heavy atom. The van der Waals surface area contributed by atoms with Crippen molar-refractivity contribution in [3.63, 3.8) is 0 Å². The number of piperidine rings is 1.